The second-order valence-corrected chi connectivity index (χ2v) is 5.48. The van der Waals surface area contributed by atoms with Gasteiger partial charge in [-0.15, -0.1) is 11.3 Å². The van der Waals surface area contributed by atoms with Crippen LogP contribution in [0.25, 0.3) is 22.4 Å². The topological polar surface area (TPSA) is 24.9 Å². The summed E-state index contributed by atoms with van der Waals surface area (Å²) in [5.41, 5.74) is 4.72. The number of nitrogens with zero attached hydrogens (tertiary/aromatic N) is 1. The van der Waals surface area contributed by atoms with Crippen LogP contribution in [0.15, 0.2) is 46.5 Å². The van der Waals surface area contributed by atoms with Crippen molar-refractivity contribution >= 4 is 27.8 Å². The van der Waals surface area contributed by atoms with Gasteiger partial charge in [-0.1, -0.05) is 24.3 Å². The quantitative estimate of drug-likeness (QED) is 0.755. The number of hydrogen-bond donors (Lipinski definition) is 1. The third-order valence-electron chi connectivity index (χ3n) is 2.75. The molecule has 0 aliphatic heterocycles. The Hall–Kier alpha value is -1.65. The number of rotatable bonds is 3. The fourth-order valence-corrected chi connectivity index (χ4v) is 3.22. The Morgan fingerprint density at radius 1 is 1.06 bits per heavy atom. The normalized spacial score (nSPS) is 10.5. The van der Waals surface area contributed by atoms with Gasteiger partial charge in [0, 0.05) is 18.0 Å². The molecule has 3 aromatic rings. The lowest BCUT2D eigenvalue weighted by Gasteiger charge is -2.05. The summed E-state index contributed by atoms with van der Waals surface area (Å²) in [6.45, 7) is 0. The molecule has 0 amide bonds. The van der Waals surface area contributed by atoms with Gasteiger partial charge in [0.2, 0.25) is 0 Å². The minimum Gasteiger partial charge on any atom is -0.365 e. The molecule has 2 heterocycles. The molecule has 4 heteroatoms. The monoisotopic (exact) mass is 272 g/mol. The van der Waals surface area contributed by atoms with E-state index in [1.807, 2.05) is 7.05 Å². The summed E-state index contributed by atoms with van der Waals surface area (Å²) in [6.07, 6.45) is 0. The van der Waals surface area contributed by atoms with Gasteiger partial charge in [0.05, 0.1) is 5.69 Å². The summed E-state index contributed by atoms with van der Waals surface area (Å²) in [6, 6.07) is 10.6. The van der Waals surface area contributed by atoms with Crippen molar-refractivity contribution in [3.63, 3.8) is 0 Å². The van der Waals surface area contributed by atoms with Crippen molar-refractivity contribution in [2.45, 2.75) is 0 Å². The van der Waals surface area contributed by atoms with Gasteiger partial charge in [0.15, 0.2) is 5.13 Å². The summed E-state index contributed by atoms with van der Waals surface area (Å²) in [7, 11) is 1.90. The maximum atomic E-state index is 4.58. The molecule has 0 fully saturated rings. The highest BCUT2D eigenvalue weighted by Crippen LogP contribution is 2.34. The fraction of sp³-hybridized carbons (Fsp3) is 0.0714. The van der Waals surface area contributed by atoms with E-state index in [1.54, 1.807) is 22.7 Å². The van der Waals surface area contributed by atoms with Gasteiger partial charge in [-0.2, -0.15) is 11.3 Å². The Balaban J connectivity index is 2.12. The first-order valence-corrected chi connectivity index (χ1v) is 7.46. The zero-order valence-electron chi connectivity index (χ0n) is 9.88. The molecule has 0 bridgehead atoms. The molecule has 0 aliphatic carbocycles. The highest BCUT2D eigenvalue weighted by molar-refractivity contribution is 7.14. The maximum Gasteiger partial charge on any atom is 0.182 e. The summed E-state index contributed by atoms with van der Waals surface area (Å²) in [4.78, 5) is 4.58. The molecule has 0 spiro atoms. The zero-order valence-corrected chi connectivity index (χ0v) is 11.5. The van der Waals surface area contributed by atoms with Gasteiger partial charge in [-0.25, -0.2) is 4.98 Å². The van der Waals surface area contributed by atoms with Crippen LogP contribution in [0.1, 0.15) is 0 Å². The second kappa shape index (κ2) is 4.92. The number of thiazole rings is 1. The van der Waals surface area contributed by atoms with E-state index < -0.39 is 0 Å². The van der Waals surface area contributed by atoms with E-state index in [0.717, 1.165) is 10.8 Å². The van der Waals surface area contributed by atoms with E-state index in [2.05, 4.69) is 56.8 Å². The molecule has 0 aliphatic rings. The summed E-state index contributed by atoms with van der Waals surface area (Å²) in [5.74, 6) is 0. The van der Waals surface area contributed by atoms with E-state index in [9.17, 15) is 0 Å². The van der Waals surface area contributed by atoms with Crippen LogP contribution in [0.4, 0.5) is 5.13 Å². The van der Waals surface area contributed by atoms with Crippen LogP contribution in [0.2, 0.25) is 0 Å². The molecule has 1 aromatic carbocycles. The average molecular weight is 272 g/mol. The Labute approximate surface area is 114 Å². The van der Waals surface area contributed by atoms with Crippen molar-refractivity contribution in [1.29, 1.82) is 0 Å². The van der Waals surface area contributed by atoms with Crippen LogP contribution < -0.4 is 5.32 Å². The van der Waals surface area contributed by atoms with E-state index in [0.29, 0.717) is 0 Å². The first kappa shape index (κ1) is 11.4. The molecule has 0 unspecified atom stereocenters. The number of benzene rings is 1. The van der Waals surface area contributed by atoms with Gasteiger partial charge in [0.25, 0.3) is 0 Å². The zero-order chi connectivity index (χ0) is 12.4. The third kappa shape index (κ3) is 2.05. The van der Waals surface area contributed by atoms with Crippen molar-refractivity contribution in [3.05, 3.63) is 46.5 Å². The Bertz CT molecular complexity index is 641. The van der Waals surface area contributed by atoms with Crippen LogP contribution in [-0.4, -0.2) is 12.0 Å². The second-order valence-electron chi connectivity index (χ2n) is 3.85. The molecule has 18 heavy (non-hydrogen) atoms. The fourth-order valence-electron chi connectivity index (χ4n) is 1.89. The number of anilines is 1. The van der Waals surface area contributed by atoms with E-state index >= 15 is 0 Å². The van der Waals surface area contributed by atoms with Gasteiger partial charge >= 0.3 is 0 Å². The van der Waals surface area contributed by atoms with Crippen LogP contribution in [0.3, 0.4) is 0 Å². The lowest BCUT2D eigenvalue weighted by atomic mass is 10.0. The SMILES string of the molecule is CNc1nc(-c2ccccc2-c2ccsc2)cs1. The molecule has 0 atom stereocenters. The van der Waals surface area contributed by atoms with Gasteiger partial charge in [0.1, 0.15) is 0 Å². The molecule has 0 saturated carbocycles. The van der Waals surface area contributed by atoms with Crippen LogP contribution in [0.5, 0.6) is 0 Å². The van der Waals surface area contributed by atoms with Crippen molar-refractivity contribution in [2.24, 2.45) is 0 Å². The maximum absolute atomic E-state index is 4.58. The van der Waals surface area contributed by atoms with Gasteiger partial charge in [-0.05, 0) is 28.0 Å². The summed E-state index contributed by atoms with van der Waals surface area (Å²) < 4.78 is 0. The molecule has 3 rings (SSSR count). The van der Waals surface area contributed by atoms with E-state index in [-0.39, 0.29) is 0 Å². The van der Waals surface area contributed by atoms with Crippen molar-refractivity contribution in [1.82, 2.24) is 4.98 Å². The molecule has 0 saturated heterocycles. The molecular formula is C14H12N2S2. The number of thiophene rings is 1. The predicted molar refractivity (Wildman–Crippen MR) is 80.4 cm³/mol. The smallest absolute Gasteiger partial charge is 0.182 e. The Morgan fingerprint density at radius 3 is 2.56 bits per heavy atom. The van der Waals surface area contributed by atoms with Crippen LogP contribution >= 0.6 is 22.7 Å². The van der Waals surface area contributed by atoms with Crippen molar-refractivity contribution < 1.29 is 0 Å². The van der Waals surface area contributed by atoms with Crippen molar-refractivity contribution in [2.75, 3.05) is 12.4 Å². The average Bonchev–Trinajstić information content (AvgIpc) is 3.10. The van der Waals surface area contributed by atoms with Crippen LogP contribution in [-0.2, 0) is 0 Å². The number of hydrogen-bond acceptors (Lipinski definition) is 4. The van der Waals surface area contributed by atoms with Gasteiger partial charge < -0.3 is 5.32 Å². The largest absolute Gasteiger partial charge is 0.365 e. The third-order valence-corrected chi connectivity index (χ3v) is 4.30. The molecular weight excluding hydrogens is 260 g/mol. The minimum atomic E-state index is 0.949. The highest BCUT2D eigenvalue weighted by Gasteiger charge is 2.10. The summed E-state index contributed by atoms with van der Waals surface area (Å²) >= 11 is 3.35. The Morgan fingerprint density at radius 2 is 1.89 bits per heavy atom. The molecule has 2 nitrogen and oxygen atoms in total. The van der Waals surface area contributed by atoms with Crippen molar-refractivity contribution in [3.8, 4) is 22.4 Å². The number of nitrogens with one attached hydrogen (secondary N) is 1. The lowest BCUT2D eigenvalue weighted by molar-refractivity contribution is 1.36. The van der Waals surface area contributed by atoms with E-state index in [4.69, 9.17) is 0 Å². The van der Waals surface area contributed by atoms with E-state index in [1.165, 1.54) is 16.7 Å². The summed E-state index contributed by atoms with van der Waals surface area (Å²) in [5, 5.41) is 10.4. The molecule has 0 radical (unpaired) electrons. The first-order chi connectivity index (χ1) is 8.88. The van der Waals surface area contributed by atoms with Gasteiger partial charge in [-0.3, -0.25) is 0 Å². The standard InChI is InChI=1S/C14H12N2S2/c1-15-14-16-13(9-18-14)12-5-3-2-4-11(12)10-6-7-17-8-10/h2-9H,1H3,(H,15,16). The predicted octanol–water partition coefficient (Wildman–Crippen LogP) is 4.58. The van der Waals surface area contributed by atoms with Crippen LogP contribution in [0, 0.1) is 0 Å². The Kier molecular flexibility index (Phi) is 3.13. The molecule has 1 N–H and O–H groups in total. The number of aromatic nitrogens is 1. The first-order valence-electron chi connectivity index (χ1n) is 5.64. The highest BCUT2D eigenvalue weighted by atomic mass is 32.1. The molecule has 90 valence electrons. The minimum absolute atomic E-state index is 0.949. The lowest BCUT2D eigenvalue weighted by Crippen LogP contribution is -1.87. The molecule has 2 aromatic heterocycles.